The van der Waals surface area contributed by atoms with Gasteiger partial charge in [0, 0.05) is 16.8 Å². The minimum absolute atomic E-state index is 0.264. The summed E-state index contributed by atoms with van der Waals surface area (Å²) in [6, 6.07) is 28.7. The van der Waals surface area contributed by atoms with Crippen LogP contribution in [0.25, 0.3) is 22.4 Å². The number of pyridine rings is 1. The normalized spacial score (nSPS) is 10.8. The zero-order chi connectivity index (χ0) is 19.5. The summed E-state index contributed by atoms with van der Waals surface area (Å²) in [5, 5.41) is 10.6. The van der Waals surface area contributed by atoms with Crippen molar-refractivity contribution in [3.63, 3.8) is 0 Å². The Morgan fingerprint density at radius 1 is 0.750 bits per heavy atom. The van der Waals surface area contributed by atoms with Gasteiger partial charge in [0.15, 0.2) is 0 Å². The fourth-order valence-corrected chi connectivity index (χ4v) is 3.53. The number of hydrogen-bond acceptors (Lipinski definition) is 2. The second-order valence-electron chi connectivity index (χ2n) is 7.18. The third-order valence-electron chi connectivity index (χ3n) is 5.05. The first-order chi connectivity index (χ1) is 13.6. The molecule has 4 rings (SSSR count). The monoisotopic (exact) mass is 365 g/mol. The number of benzene rings is 3. The fourth-order valence-electron chi connectivity index (χ4n) is 3.53. The average Bonchev–Trinajstić information content (AvgIpc) is 2.71. The molecule has 0 aliphatic heterocycles. The van der Waals surface area contributed by atoms with Gasteiger partial charge in [-0.2, -0.15) is 0 Å². The Morgan fingerprint density at radius 2 is 1.43 bits per heavy atom. The summed E-state index contributed by atoms with van der Waals surface area (Å²) in [5.74, 6) is 0.264. The van der Waals surface area contributed by atoms with Gasteiger partial charge in [-0.05, 0) is 60.7 Å². The molecule has 1 N–H and O–H groups in total. The first kappa shape index (κ1) is 18.0. The summed E-state index contributed by atoms with van der Waals surface area (Å²) in [5.41, 5.74) is 8.18. The van der Waals surface area contributed by atoms with Crippen molar-refractivity contribution in [3.05, 3.63) is 107 Å². The molecule has 28 heavy (non-hydrogen) atoms. The molecule has 2 nitrogen and oxygen atoms in total. The molecular formula is C26H23NO. The van der Waals surface area contributed by atoms with E-state index in [1.807, 2.05) is 50.2 Å². The molecule has 0 bridgehead atoms. The zero-order valence-corrected chi connectivity index (χ0v) is 16.2. The molecule has 0 saturated carbocycles. The Labute approximate surface area is 166 Å². The van der Waals surface area contributed by atoms with Crippen molar-refractivity contribution in [3.8, 4) is 28.1 Å². The highest BCUT2D eigenvalue weighted by molar-refractivity contribution is 5.84. The van der Waals surface area contributed by atoms with E-state index in [-0.39, 0.29) is 5.75 Å². The SMILES string of the molecule is Cc1ccc(-c2nc(C)c(Cc3ccccc3)cc2-c2ccccc2)c(O)c1. The number of phenolic OH excluding ortho intramolecular Hbond substituents is 1. The van der Waals surface area contributed by atoms with Gasteiger partial charge in [-0.1, -0.05) is 66.7 Å². The van der Waals surface area contributed by atoms with Crippen LogP contribution in [0.4, 0.5) is 0 Å². The van der Waals surface area contributed by atoms with Crippen molar-refractivity contribution in [2.75, 3.05) is 0 Å². The highest BCUT2D eigenvalue weighted by Gasteiger charge is 2.16. The molecular weight excluding hydrogens is 342 g/mol. The van der Waals surface area contributed by atoms with Crippen LogP contribution in [0.5, 0.6) is 5.75 Å². The Kier molecular flexibility index (Phi) is 4.94. The smallest absolute Gasteiger partial charge is 0.125 e. The molecule has 138 valence electrons. The lowest BCUT2D eigenvalue weighted by Crippen LogP contribution is -2.00. The molecule has 4 aromatic rings. The van der Waals surface area contributed by atoms with E-state index in [4.69, 9.17) is 4.98 Å². The summed E-state index contributed by atoms with van der Waals surface area (Å²) in [7, 11) is 0. The molecule has 1 heterocycles. The van der Waals surface area contributed by atoms with Crippen molar-refractivity contribution in [2.45, 2.75) is 20.3 Å². The van der Waals surface area contributed by atoms with Gasteiger partial charge in [-0.15, -0.1) is 0 Å². The summed E-state index contributed by atoms with van der Waals surface area (Å²) in [6.07, 6.45) is 0.833. The van der Waals surface area contributed by atoms with Gasteiger partial charge >= 0.3 is 0 Å². The van der Waals surface area contributed by atoms with Gasteiger partial charge in [0.1, 0.15) is 5.75 Å². The van der Waals surface area contributed by atoms with Crippen molar-refractivity contribution < 1.29 is 5.11 Å². The van der Waals surface area contributed by atoms with E-state index < -0.39 is 0 Å². The predicted molar refractivity (Wildman–Crippen MR) is 115 cm³/mol. The van der Waals surface area contributed by atoms with E-state index in [0.717, 1.165) is 40.1 Å². The molecule has 0 atom stereocenters. The maximum Gasteiger partial charge on any atom is 0.125 e. The second kappa shape index (κ2) is 7.69. The van der Waals surface area contributed by atoms with Gasteiger partial charge in [-0.3, -0.25) is 4.98 Å². The highest BCUT2D eigenvalue weighted by atomic mass is 16.3. The average molecular weight is 365 g/mol. The molecule has 3 aromatic carbocycles. The number of aryl methyl sites for hydroxylation is 2. The van der Waals surface area contributed by atoms with Crippen LogP contribution < -0.4 is 0 Å². The van der Waals surface area contributed by atoms with Gasteiger partial charge in [0.2, 0.25) is 0 Å². The van der Waals surface area contributed by atoms with E-state index in [2.05, 4.69) is 42.5 Å². The molecule has 2 heteroatoms. The van der Waals surface area contributed by atoms with E-state index in [0.29, 0.717) is 0 Å². The third-order valence-corrected chi connectivity index (χ3v) is 5.05. The molecule has 0 aliphatic rings. The molecule has 0 aliphatic carbocycles. The van der Waals surface area contributed by atoms with Crippen LogP contribution in [-0.2, 0) is 6.42 Å². The summed E-state index contributed by atoms with van der Waals surface area (Å²) < 4.78 is 0. The highest BCUT2D eigenvalue weighted by Crippen LogP contribution is 2.37. The van der Waals surface area contributed by atoms with Crippen LogP contribution in [0.15, 0.2) is 84.9 Å². The summed E-state index contributed by atoms with van der Waals surface area (Å²) in [6.45, 7) is 4.02. The molecule has 0 unspecified atom stereocenters. The lowest BCUT2D eigenvalue weighted by molar-refractivity contribution is 0.476. The van der Waals surface area contributed by atoms with Crippen molar-refractivity contribution in [1.29, 1.82) is 0 Å². The fraction of sp³-hybridized carbons (Fsp3) is 0.115. The quantitative estimate of drug-likeness (QED) is 0.458. The second-order valence-corrected chi connectivity index (χ2v) is 7.18. The minimum atomic E-state index is 0.264. The minimum Gasteiger partial charge on any atom is -0.507 e. The Bertz CT molecular complexity index is 1100. The number of aromatic hydroxyl groups is 1. The van der Waals surface area contributed by atoms with E-state index >= 15 is 0 Å². The molecule has 0 spiro atoms. The van der Waals surface area contributed by atoms with Gasteiger partial charge in [-0.25, -0.2) is 0 Å². The van der Waals surface area contributed by atoms with Gasteiger partial charge in [0.05, 0.1) is 5.69 Å². The lowest BCUT2D eigenvalue weighted by Gasteiger charge is -2.16. The first-order valence-corrected chi connectivity index (χ1v) is 9.51. The number of rotatable bonds is 4. The number of hydrogen-bond donors (Lipinski definition) is 1. The molecule has 0 saturated heterocycles. The summed E-state index contributed by atoms with van der Waals surface area (Å²) in [4.78, 5) is 4.95. The molecule has 1 aromatic heterocycles. The van der Waals surface area contributed by atoms with E-state index in [1.165, 1.54) is 11.1 Å². The Morgan fingerprint density at radius 3 is 2.11 bits per heavy atom. The van der Waals surface area contributed by atoms with Crippen LogP contribution in [0.2, 0.25) is 0 Å². The van der Waals surface area contributed by atoms with Crippen LogP contribution in [-0.4, -0.2) is 10.1 Å². The van der Waals surface area contributed by atoms with Crippen LogP contribution in [0, 0.1) is 13.8 Å². The number of aromatic nitrogens is 1. The van der Waals surface area contributed by atoms with Gasteiger partial charge < -0.3 is 5.11 Å². The molecule has 0 fully saturated rings. The number of phenols is 1. The topological polar surface area (TPSA) is 33.1 Å². The van der Waals surface area contributed by atoms with Crippen LogP contribution >= 0.6 is 0 Å². The Balaban J connectivity index is 1.89. The predicted octanol–water partition coefficient (Wildman–Crippen LogP) is 6.33. The Hall–Kier alpha value is -3.39. The van der Waals surface area contributed by atoms with E-state index in [9.17, 15) is 5.11 Å². The van der Waals surface area contributed by atoms with Crippen molar-refractivity contribution in [1.82, 2.24) is 4.98 Å². The van der Waals surface area contributed by atoms with Crippen molar-refractivity contribution in [2.24, 2.45) is 0 Å². The zero-order valence-electron chi connectivity index (χ0n) is 16.2. The molecule has 0 radical (unpaired) electrons. The number of nitrogens with zero attached hydrogens (tertiary/aromatic N) is 1. The molecule has 0 amide bonds. The first-order valence-electron chi connectivity index (χ1n) is 9.51. The van der Waals surface area contributed by atoms with Gasteiger partial charge in [0.25, 0.3) is 0 Å². The standard InChI is InChI=1S/C26H23NO/c1-18-13-14-23(25(28)15-18)26-24(21-11-7-4-8-12-21)17-22(19(2)27-26)16-20-9-5-3-6-10-20/h3-15,17,28H,16H2,1-2H3. The maximum absolute atomic E-state index is 10.6. The third kappa shape index (κ3) is 3.67. The maximum atomic E-state index is 10.6. The van der Waals surface area contributed by atoms with Crippen LogP contribution in [0.3, 0.4) is 0 Å². The van der Waals surface area contributed by atoms with Crippen molar-refractivity contribution >= 4 is 0 Å². The van der Waals surface area contributed by atoms with E-state index in [1.54, 1.807) is 6.07 Å². The van der Waals surface area contributed by atoms with Crippen LogP contribution in [0.1, 0.15) is 22.4 Å². The summed E-state index contributed by atoms with van der Waals surface area (Å²) >= 11 is 0. The lowest BCUT2D eigenvalue weighted by atomic mass is 9.94. The largest absolute Gasteiger partial charge is 0.507 e.